The van der Waals surface area contributed by atoms with Gasteiger partial charge in [-0.15, -0.1) is 0 Å². The zero-order valence-corrected chi connectivity index (χ0v) is 12.7. The highest BCUT2D eigenvalue weighted by atomic mass is 16.5. The zero-order valence-electron chi connectivity index (χ0n) is 12.7. The van der Waals surface area contributed by atoms with E-state index in [0.717, 1.165) is 43.5 Å². The van der Waals surface area contributed by atoms with Crippen molar-refractivity contribution < 1.29 is 4.52 Å². The molecule has 2 aromatic heterocycles. The van der Waals surface area contributed by atoms with Crippen LogP contribution in [0.15, 0.2) is 16.8 Å². The van der Waals surface area contributed by atoms with Crippen LogP contribution in [0.1, 0.15) is 30.5 Å². The summed E-state index contributed by atoms with van der Waals surface area (Å²) >= 11 is 0. The maximum absolute atomic E-state index is 5.10. The van der Waals surface area contributed by atoms with Crippen molar-refractivity contribution in [3.63, 3.8) is 0 Å². The van der Waals surface area contributed by atoms with Crippen LogP contribution in [-0.2, 0) is 0 Å². The fourth-order valence-corrected chi connectivity index (χ4v) is 2.61. The van der Waals surface area contributed by atoms with Crippen LogP contribution < -0.4 is 9.80 Å². The first kappa shape index (κ1) is 13.8. The Morgan fingerprint density at radius 3 is 2.90 bits per heavy atom. The van der Waals surface area contributed by atoms with Crippen LogP contribution in [-0.4, -0.2) is 47.3 Å². The summed E-state index contributed by atoms with van der Waals surface area (Å²) < 4.78 is 5.10. The predicted octanol–water partition coefficient (Wildman–Crippen LogP) is 1.62. The second-order valence-electron chi connectivity index (χ2n) is 5.57. The predicted molar refractivity (Wildman–Crippen MR) is 79.6 cm³/mol. The summed E-state index contributed by atoms with van der Waals surface area (Å²) in [6, 6.07) is 1.96. The molecule has 7 heteroatoms. The number of anilines is 2. The van der Waals surface area contributed by atoms with Gasteiger partial charge in [0.1, 0.15) is 5.82 Å². The van der Waals surface area contributed by atoms with Gasteiger partial charge in [-0.3, -0.25) is 0 Å². The Morgan fingerprint density at radius 2 is 2.19 bits per heavy atom. The molecule has 1 aliphatic heterocycles. The summed E-state index contributed by atoms with van der Waals surface area (Å²) in [5.41, 5.74) is 0. The summed E-state index contributed by atoms with van der Waals surface area (Å²) in [5.74, 6) is 3.41. The fraction of sp³-hybridized carbons (Fsp3) is 0.571. The minimum atomic E-state index is 0.300. The fourth-order valence-electron chi connectivity index (χ4n) is 2.61. The molecule has 2 aromatic rings. The Morgan fingerprint density at radius 1 is 1.33 bits per heavy atom. The van der Waals surface area contributed by atoms with Crippen LogP contribution in [0.5, 0.6) is 0 Å². The molecule has 3 heterocycles. The molecule has 0 unspecified atom stereocenters. The summed E-state index contributed by atoms with van der Waals surface area (Å²) in [4.78, 5) is 17.4. The lowest BCUT2D eigenvalue weighted by atomic mass is 9.97. The Bertz CT molecular complexity index is 611. The molecule has 0 radical (unpaired) electrons. The summed E-state index contributed by atoms with van der Waals surface area (Å²) in [6.45, 7) is 3.69. The minimum absolute atomic E-state index is 0.300. The Labute approximate surface area is 124 Å². The number of rotatable bonds is 3. The highest BCUT2D eigenvalue weighted by molar-refractivity contribution is 5.43. The molecule has 7 nitrogen and oxygen atoms in total. The molecule has 0 aliphatic carbocycles. The summed E-state index contributed by atoms with van der Waals surface area (Å²) in [5, 5.41) is 4.06. The number of piperidine rings is 1. The van der Waals surface area contributed by atoms with E-state index in [4.69, 9.17) is 4.52 Å². The van der Waals surface area contributed by atoms with Gasteiger partial charge in [0.2, 0.25) is 11.8 Å². The molecule has 0 amide bonds. The molecule has 112 valence electrons. The third kappa shape index (κ3) is 2.96. The summed E-state index contributed by atoms with van der Waals surface area (Å²) in [7, 11) is 3.89. The molecule has 0 bridgehead atoms. The lowest BCUT2D eigenvalue weighted by molar-refractivity contribution is 0.376. The standard InChI is InChI=1S/C14H20N6O/c1-10-16-13(18-21-10)11-5-4-8-20(9-11)12-6-7-15-14(17-12)19(2)3/h6-7,11H,4-5,8-9H2,1-3H3/t11-/m1/s1. The highest BCUT2D eigenvalue weighted by Crippen LogP contribution is 2.27. The molecule has 0 spiro atoms. The van der Waals surface area contributed by atoms with Crippen LogP contribution in [0.25, 0.3) is 0 Å². The minimum Gasteiger partial charge on any atom is -0.356 e. The molecule has 1 fully saturated rings. The van der Waals surface area contributed by atoms with Gasteiger partial charge >= 0.3 is 0 Å². The molecule has 0 saturated carbocycles. The van der Waals surface area contributed by atoms with Crippen molar-refractivity contribution in [2.45, 2.75) is 25.7 Å². The number of hydrogen-bond acceptors (Lipinski definition) is 7. The highest BCUT2D eigenvalue weighted by Gasteiger charge is 2.26. The first-order valence-electron chi connectivity index (χ1n) is 7.19. The van der Waals surface area contributed by atoms with E-state index in [2.05, 4.69) is 25.0 Å². The SMILES string of the molecule is Cc1nc([C@@H]2CCCN(c3ccnc(N(C)C)n3)C2)no1. The van der Waals surface area contributed by atoms with Crippen molar-refractivity contribution >= 4 is 11.8 Å². The number of aryl methyl sites for hydroxylation is 1. The molecule has 1 atom stereocenters. The van der Waals surface area contributed by atoms with Crippen molar-refractivity contribution in [3.8, 4) is 0 Å². The quantitative estimate of drug-likeness (QED) is 0.849. The lowest BCUT2D eigenvalue weighted by Crippen LogP contribution is -2.35. The Kier molecular flexibility index (Phi) is 3.72. The van der Waals surface area contributed by atoms with Crippen molar-refractivity contribution in [2.75, 3.05) is 37.0 Å². The normalized spacial score (nSPS) is 18.8. The largest absolute Gasteiger partial charge is 0.356 e. The van der Waals surface area contributed by atoms with Gasteiger partial charge in [-0.25, -0.2) is 4.98 Å². The smallest absolute Gasteiger partial charge is 0.226 e. The van der Waals surface area contributed by atoms with Gasteiger partial charge in [-0.1, -0.05) is 5.16 Å². The van der Waals surface area contributed by atoms with Gasteiger partial charge in [0.05, 0.1) is 0 Å². The molecule has 1 aliphatic rings. The number of nitrogens with zero attached hydrogens (tertiary/aromatic N) is 6. The summed E-state index contributed by atoms with van der Waals surface area (Å²) in [6.07, 6.45) is 3.99. The van der Waals surface area contributed by atoms with Gasteiger partial charge in [-0.05, 0) is 18.9 Å². The molecular formula is C14H20N6O. The van der Waals surface area contributed by atoms with E-state index < -0.39 is 0 Å². The molecular weight excluding hydrogens is 268 g/mol. The maximum Gasteiger partial charge on any atom is 0.226 e. The Hall–Kier alpha value is -2.18. The van der Waals surface area contributed by atoms with Gasteiger partial charge in [0.15, 0.2) is 5.82 Å². The van der Waals surface area contributed by atoms with Crippen LogP contribution in [0.2, 0.25) is 0 Å². The van der Waals surface area contributed by atoms with E-state index in [1.54, 1.807) is 6.20 Å². The van der Waals surface area contributed by atoms with Crippen molar-refractivity contribution in [1.82, 2.24) is 20.1 Å². The van der Waals surface area contributed by atoms with Crippen molar-refractivity contribution in [3.05, 3.63) is 24.0 Å². The molecule has 0 aromatic carbocycles. The van der Waals surface area contributed by atoms with Crippen molar-refractivity contribution in [1.29, 1.82) is 0 Å². The maximum atomic E-state index is 5.10. The first-order chi connectivity index (χ1) is 10.1. The zero-order chi connectivity index (χ0) is 14.8. The average Bonchev–Trinajstić information content (AvgIpc) is 2.94. The van der Waals surface area contributed by atoms with E-state index in [-0.39, 0.29) is 0 Å². The molecule has 3 rings (SSSR count). The van der Waals surface area contributed by atoms with E-state index in [1.807, 2.05) is 32.0 Å². The molecule has 1 saturated heterocycles. The Balaban J connectivity index is 1.78. The van der Waals surface area contributed by atoms with Crippen molar-refractivity contribution in [2.24, 2.45) is 0 Å². The van der Waals surface area contributed by atoms with E-state index in [0.29, 0.717) is 11.8 Å². The average molecular weight is 288 g/mol. The lowest BCUT2D eigenvalue weighted by Gasteiger charge is -2.32. The van der Waals surface area contributed by atoms with Gasteiger partial charge < -0.3 is 14.3 Å². The molecule has 21 heavy (non-hydrogen) atoms. The number of hydrogen-bond donors (Lipinski definition) is 0. The van der Waals surface area contributed by atoms with Crippen LogP contribution in [0.3, 0.4) is 0 Å². The van der Waals surface area contributed by atoms with E-state index in [1.165, 1.54) is 0 Å². The topological polar surface area (TPSA) is 71.2 Å². The molecule has 0 N–H and O–H groups in total. The first-order valence-corrected chi connectivity index (χ1v) is 7.19. The third-order valence-electron chi connectivity index (χ3n) is 3.68. The van der Waals surface area contributed by atoms with Crippen LogP contribution in [0.4, 0.5) is 11.8 Å². The van der Waals surface area contributed by atoms with Gasteiger partial charge in [0.25, 0.3) is 0 Å². The second-order valence-corrected chi connectivity index (χ2v) is 5.57. The second kappa shape index (κ2) is 5.67. The van der Waals surface area contributed by atoms with Crippen LogP contribution in [0, 0.1) is 6.92 Å². The van der Waals surface area contributed by atoms with E-state index in [9.17, 15) is 0 Å². The van der Waals surface area contributed by atoms with Gasteiger partial charge in [0, 0.05) is 46.2 Å². The number of aromatic nitrogens is 4. The monoisotopic (exact) mass is 288 g/mol. The van der Waals surface area contributed by atoms with E-state index >= 15 is 0 Å². The van der Waals surface area contributed by atoms with Crippen LogP contribution >= 0.6 is 0 Å². The third-order valence-corrected chi connectivity index (χ3v) is 3.68. The van der Waals surface area contributed by atoms with Gasteiger partial charge in [-0.2, -0.15) is 9.97 Å².